The maximum Gasteiger partial charge on any atom is 0.318 e. The molecule has 0 aromatic heterocycles. The molecular weight excluding hydrogens is 260 g/mol. The lowest BCUT2D eigenvalue weighted by Crippen LogP contribution is -2.36. The van der Waals surface area contributed by atoms with Gasteiger partial charge in [-0.05, 0) is 29.5 Å². The van der Waals surface area contributed by atoms with Crippen LogP contribution in [0.3, 0.4) is 0 Å². The first-order valence-electron chi connectivity index (χ1n) is 6.03. The molecule has 0 bridgehead atoms. The van der Waals surface area contributed by atoms with Crippen LogP contribution in [0.4, 0.5) is 4.79 Å². The fourth-order valence-corrected chi connectivity index (χ4v) is 2.40. The Morgan fingerprint density at radius 2 is 1.95 bits per heavy atom. The summed E-state index contributed by atoms with van der Waals surface area (Å²) in [4.78, 5) is 23.0. The van der Waals surface area contributed by atoms with Crippen LogP contribution in [0.25, 0.3) is 0 Å². The highest BCUT2D eigenvalue weighted by molar-refractivity contribution is 8.00. The van der Waals surface area contributed by atoms with Gasteiger partial charge in [-0.3, -0.25) is 10.1 Å². The Hall–Kier alpha value is -1.49. The summed E-state index contributed by atoms with van der Waals surface area (Å²) < 4.78 is 0. The van der Waals surface area contributed by atoms with Crippen LogP contribution in [-0.2, 0) is 10.2 Å². The van der Waals surface area contributed by atoms with Gasteiger partial charge in [0.05, 0.1) is 5.75 Å². The van der Waals surface area contributed by atoms with Gasteiger partial charge in [0.15, 0.2) is 0 Å². The van der Waals surface area contributed by atoms with Gasteiger partial charge in [-0.1, -0.05) is 32.9 Å². The second-order valence-corrected chi connectivity index (χ2v) is 6.45. The van der Waals surface area contributed by atoms with Crippen molar-refractivity contribution in [3.63, 3.8) is 0 Å². The molecule has 3 N–H and O–H groups in total. The summed E-state index contributed by atoms with van der Waals surface area (Å²) in [6.45, 7) is 8.44. The highest BCUT2D eigenvalue weighted by Gasteiger charge is 2.15. The summed E-state index contributed by atoms with van der Waals surface area (Å²) in [5.41, 5.74) is 7.30. The molecule has 104 valence electrons. The van der Waals surface area contributed by atoms with Gasteiger partial charge >= 0.3 is 6.03 Å². The normalized spacial score (nSPS) is 11.2. The quantitative estimate of drug-likeness (QED) is 0.836. The summed E-state index contributed by atoms with van der Waals surface area (Å²) in [5.74, 6) is -0.199. The van der Waals surface area contributed by atoms with E-state index < -0.39 is 6.03 Å². The van der Waals surface area contributed by atoms with E-state index in [-0.39, 0.29) is 17.1 Å². The number of rotatable bonds is 3. The first kappa shape index (κ1) is 15.6. The average molecular weight is 280 g/mol. The van der Waals surface area contributed by atoms with Crippen LogP contribution >= 0.6 is 11.8 Å². The summed E-state index contributed by atoms with van der Waals surface area (Å²) in [6.07, 6.45) is 0. The van der Waals surface area contributed by atoms with Crippen molar-refractivity contribution in [3.8, 4) is 0 Å². The number of carbonyl (C=O) groups is 2. The fourth-order valence-electron chi connectivity index (χ4n) is 1.54. The van der Waals surface area contributed by atoms with Crippen LogP contribution in [0.5, 0.6) is 0 Å². The third-order valence-electron chi connectivity index (χ3n) is 2.68. The largest absolute Gasteiger partial charge is 0.351 e. The number of urea groups is 1. The first-order chi connectivity index (χ1) is 8.70. The third-order valence-corrected chi connectivity index (χ3v) is 3.83. The van der Waals surface area contributed by atoms with Crippen molar-refractivity contribution in [2.24, 2.45) is 5.73 Å². The van der Waals surface area contributed by atoms with Crippen LogP contribution < -0.4 is 11.1 Å². The molecule has 0 radical (unpaired) electrons. The molecule has 0 saturated carbocycles. The van der Waals surface area contributed by atoms with Gasteiger partial charge in [0.25, 0.3) is 0 Å². The van der Waals surface area contributed by atoms with Crippen LogP contribution in [0, 0.1) is 6.92 Å². The zero-order valence-corrected chi connectivity index (χ0v) is 12.6. The highest BCUT2D eigenvalue weighted by Crippen LogP contribution is 2.29. The smallest absolute Gasteiger partial charge is 0.318 e. The maximum absolute atomic E-state index is 11.4. The standard InChI is InChI=1S/C14H20N2O2S/c1-9-5-6-10(14(2,3)4)7-11(9)19-8-12(17)16-13(15)18/h5-7H,8H2,1-4H3,(H3,15,16,17,18). The monoisotopic (exact) mass is 280 g/mol. The Kier molecular flexibility index (Phi) is 5.00. The topological polar surface area (TPSA) is 72.2 Å². The minimum Gasteiger partial charge on any atom is -0.351 e. The molecule has 5 heteroatoms. The maximum atomic E-state index is 11.4. The Labute approximate surface area is 118 Å². The van der Waals surface area contributed by atoms with Crippen molar-refractivity contribution >= 4 is 23.7 Å². The molecule has 0 fully saturated rings. The number of hydrogen-bond donors (Lipinski definition) is 2. The number of aryl methyl sites for hydroxylation is 1. The van der Waals surface area contributed by atoms with E-state index in [9.17, 15) is 9.59 Å². The second-order valence-electron chi connectivity index (χ2n) is 5.43. The average Bonchev–Trinajstić information content (AvgIpc) is 2.25. The van der Waals surface area contributed by atoms with E-state index in [1.54, 1.807) is 0 Å². The van der Waals surface area contributed by atoms with Crippen LogP contribution in [0.1, 0.15) is 31.9 Å². The van der Waals surface area contributed by atoms with E-state index in [4.69, 9.17) is 5.73 Å². The number of nitrogens with one attached hydrogen (secondary N) is 1. The van der Waals surface area contributed by atoms with E-state index >= 15 is 0 Å². The first-order valence-corrected chi connectivity index (χ1v) is 7.02. The zero-order chi connectivity index (χ0) is 14.6. The lowest BCUT2D eigenvalue weighted by atomic mass is 9.87. The number of primary amides is 1. The van der Waals surface area contributed by atoms with Gasteiger partial charge in [-0.25, -0.2) is 4.79 Å². The minimum absolute atomic E-state index is 0.0679. The Balaban J connectivity index is 2.78. The molecule has 0 unspecified atom stereocenters. The van der Waals surface area contributed by atoms with Gasteiger partial charge < -0.3 is 5.73 Å². The van der Waals surface area contributed by atoms with Crippen molar-refractivity contribution in [1.82, 2.24) is 5.32 Å². The van der Waals surface area contributed by atoms with Gasteiger partial charge in [-0.2, -0.15) is 0 Å². The second kappa shape index (κ2) is 6.10. The number of benzene rings is 1. The van der Waals surface area contributed by atoms with Crippen LogP contribution in [-0.4, -0.2) is 17.7 Å². The molecule has 0 atom stereocenters. The van der Waals surface area contributed by atoms with Crippen molar-refractivity contribution in [2.45, 2.75) is 38.0 Å². The summed E-state index contributed by atoms with van der Waals surface area (Å²) >= 11 is 1.41. The predicted molar refractivity (Wildman–Crippen MR) is 78.3 cm³/mol. The number of amides is 3. The molecule has 0 aliphatic carbocycles. The molecule has 3 amide bonds. The highest BCUT2D eigenvalue weighted by atomic mass is 32.2. The number of thioether (sulfide) groups is 1. The van der Waals surface area contributed by atoms with Crippen molar-refractivity contribution < 1.29 is 9.59 Å². The zero-order valence-electron chi connectivity index (χ0n) is 11.7. The lowest BCUT2D eigenvalue weighted by Gasteiger charge is -2.20. The van der Waals surface area contributed by atoms with Gasteiger partial charge in [0.1, 0.15) is 0 Å². The van der Waals surface area contributed by atoms with Crippen LogP contribution in [0.15, 0.2) is 23.1 Å². The molecule has 4 nitrogen and oxygen atoms in total. The van der Waals surface area contributed by atoms with E-state index in [1.807, 2.05) is 6.92 Å². The minimum atomic E-state index is -0.814. The van der Waals surface area contributed by atoms with E-state index in [2.05, 4.69) is 44.3 Å². The number of hydrogen-bond acceptors (Lipinski definition) is 3. The van der Waals surface area contributed by atoms with Crippen LogP contribution in [0.2, 0.25) is 0 Å². The van der Waals surface area contributed by atoms with Crippen molar-refractivity contribution in [1.29, 1.82) is 0 Å². The van der Waals surface area contributed by atoms with E-state index in [0.29, 0.717) is 0 Å². The molecule has 0 aliphatic rings. The number of carbonyl (C=O) groups excluding carboxylic acids is 2. The molecule has 0 aliphatic heterocycles. The molecular formula is C14H20N2O2S. The Morgan fingerprint density at radius 3 is 2.47 bits per heavy atom. The van der Waals surface area contributed by atoms with Gasteiger partial charge in [0.2, 0.25) is 5.91 Å². The molecule has 0 spiro atoms. The van der Waals surface area contributed by atoms with E-state index in [1.165, 1.54) is 17.3 Å². The molecule has 1 aromatic carbocycles. The third kappa shape index (κ3) is 4.95. The number of imide groups is 1. The molecule has 1 aromatic rings. The molecule has 0 heterocycles. The Bertz CT molecular complexity index is 493. The summed E-state index contributed by atoms with van der Waals surface area (Å²) in [5, 5.41) is 2.06. The lowest BCUT2D eigenvalue weighted by molar-refractivity contribution is -0.117. The SMILES string of the molecule is Cc1ccc(C(C)(C)C)cc1SCC(=O)NC(N)=O. The fraction of sp³-hybridized carbons (Fsp3) is 0.429. The van der Waals surface area contributed by atoms with Crippen molar-refractivity contribution in [3.05, 3.63) is 29.3 Å². The molecule has 19 heavy (non-hydrogen) atoms. The molecule has 1 rings (SSSR count). The summed E-state index contributed by atoms with van der Waals surface area (Å²) in [7, 11) is 0. The van der Waals surface area contributed by atoms with Gasteiger partial charge in [0, 0.05) is 4.90 Å². The predicted octanol–water partition coefficient (Wildman–Crippen LogP) is 2.58. The Morgan fingerprint density at radius 1 is 1.32 bits per heavy atom. The number of nitrogens with two attached hydrogens (primary N) is 1. The van der Waals surface area contributed by atoms with Gasteiger partial charge in [-0.15, -0.1) is 11.8 Å². The van der Waals surface area contributed by atoms with Crippen molar-refractivity contribution in [2.75, 3.05) is 5.75 Å². The van der Waals surface area contributed by atoms with E-state index in [0.717, 1.165) is 10.5 Å². The summed E-state index contributed by atoms with van der Waals surface area (Å²) in [6, 6.07) is 5.43. The molecule has 0 saturated heterocycles.